The van der Waals surface area contributed by atoms with Gasteiger partial charge in [-0.3, -0.25) is 4.90 Å². The van der Waals surface area contributed by atoms with Crippen LogP contribution in [-0.2, 0) is 6.54 Å². The number of nitrogens with zero attached hydrogens (tertiary/aromatic N) is 1. The van der Waals surface area contributed by atoms with Crippen molar-refractivity contribution in [3.63, 3.8) is 0 Å². The maximum absolute atomic E-state index is 8.94. The Hall–Kier alpha value is -0.900. The lowest BCUT2D eigenvalue weighted by Crippen LogP contribution is -2.43. The minimum absolute atomic E-state index is 0.300. The lowest BCUT2D eigenvalue weighted by atomic mass is 9.78. The van der Waals surface area contributed by atoms with Crippen LogP contribution >= 0.6 is 0 Å². The van der Waals surface area contributed by atoms with Crippen LogP contribution in [-0.4, -0.2) is 42.3 Å². The van der Waals surface area contributed by atoms with Crippen molar-refractivity contribution in [1.82, 2.24) is 10.2 Å². The largest absolute Gasteiger partial charge is 0.396 e. The fraction of sp³-hybridized carbons (Fsp3) is 0.667. The highest BCUT2D eigenvalue weighted by atomic mass is 16.3. The van der Waals surface area contributed by atoms with Gasteiger partial charge in [-0.05, 0) is 43.2 Å². The summed E-state index contributed by atoms with van der Waals surface area (Å²) < 4.78 is 0. The number of likely N-dealkylation sites (tertiary alicyclic amines) is 1. The Labute approximate surface area is 128 Å². The van der Waals surface area contributed by atoms with Gasteiger partial charge in [0.05, 0.1) is 0 Å². The second-order valence-corrected chi connectivity index (χ2v) is 6.67. The van der Waals surface area contributed by atoms with Crippen molar-refractivity contribution < 1.29 is 5.11 Å². The van der Waals surface area contributed by atoms with E-state index in [0.29, 0.717) is 12.6 Å². The van der Waals surface area contributed by atoms with E-state index in [4.69, 9.17) is 5.11 Å². The first kappa shape index (κ1) is 15.0. The van der Waals surface area contributed by atoms with Crippen LogP contribution < -0.4 is 5.32 Å². The molecule has 1 heterocycles. The van der Waals surface area contributed by atoms with Gasteiger partial charge >= 0.3 is 0 Å². The second kappa shape index (κ2) is 7.39. The van der Waals surface area contributed by atoms with E-state index in [0.717, 1.165) is 31.3 Å². The molecule has 21 heavy (non-hydrogen) atoms. The maximum Gasteiger partial charge on any atom is 0.0443 e. The first-order valence-corrected chi connectivity index (χ1v) is 8.47. The van der Waals surface area contributed by atoms with E-state index < -0.39 is 0 Å². The molecule has 1 aromatic rings. The van der Waals surface area contributed by atoms with Crippen LogP contribution in [0.2, 0.25) is 0 Å². The summed E-state index contributed by atoms with van der Waals surface area (Å²) in [5, 5.41) is 12.6. The summed E-state index contributed by atoms with van der Waals surface area (Å²) in [4.78, 5) is 2.64. The standard InChI is InChI=1S/C18H28N2O/c21-11-5-10-19-18-9-4-8-16-13-20(14-17(16)18)12-15-6-2-1-3-7-15/h1-3,6-7,16-19,21H,4-5,8-14H2/t16-,17-,18+/m0/s1. The van der Waals surface area contributed by atoms with Crippen LogP contribution in [0.5, 0.6) is 0 Å². The number of aliphatic hydroxyl groups is 1. The zero-order valence-corrected chi connectivity index (χ0v) is 12.9. The molecule has 2 N–H and O–H groups in total. The molecular weight excluding hydrogens is 260 g/mol. The molecule has 0 amide bonds. The SMILES string of the molecule is OCCCN[C@@H]1CCC[C@H]2CN(Cc3ccccc3)C[C@@H]21. The van der Waals surface area contributed by atoms with E-state index in [2.05, 4.69) is 40.5 Å². The summed E-state index contributed by atoms with van der Waals surface area (Å²) >= 11 is 0. The minimum atomic E-state index is 0.300. The number of hydrogen-bond acceptors (Lipinski definition) is 3. The van der Waals surface area contributed by atoms with Crippen molar-refractivity contribution >= 4 is 0 Å². The molecule has 3 nitrogen and oxygen atoms in total. The molecule has 0 aromatic heterocycles. The number of hydrogen-bond donors (Lipinski definition) is 2. The molecule has 3 heteroatoms. The van der Waals surface area contributed by atoms with Crippen LogP contribution in [0, 0.1) is 11.8 Å². The Balaban J connectivity index is 1.55. The van der Waals surface area contributed by atoms with Gasteiger partial charge in [0.2, 0.25) is 0 Å². The zero-order chi connectivity index (χ0) is 14.5. The van der Waals surface area contributed by atoms with Crippen molar-refractivity contribution in [3.05, 3.63) is 35.9 Å². The summed E-state index contributed by atoms with van der Waals surface area (Å²) in [6.07, 6.45) is 4.94. The summed E-state index contributed by atoms with van der Waals surface area (Å²) in [6.45, 7) is 4.85. The van der Waals surface area contributed by atoms with Gasteiger partial charge in [0.15, 0.2) is 0 Å². The minimum Gasteiger partial charge on any atom is -0.396 e. The molecule has 1 aromatic carbocycles. The molecule has 1 aliphatic heterocycles. The Morgan fingerprint density at radius 3 is 2.81 bits per heavy atom. The van der Waals surface area contributed by atoms with Gasteiger partial charge in [0.25, 0.3) is 0 Å². The molecule has 1 saturated carbocycles. The predicted molar refractivity (Wildman–Crippen MR) is 86.0 cm³/mol. The maximum atomic E-state index is 8.94. The van der Waals surface area contributed by atoms with Gasteiger partial charge < -0.3 is 10.4 Å². The van der Waals surface area contributed by atoms with Crippen LogP contribution in [0.3, 0.4) is 0 Å². The molecule has 1 saturated heterocycles. The van der Waals surface area contributed by atoms with Gasteiger partial charge in [-0.15, -0.1) is 0 Å². The Kier molecular flexibility index (Phi) is 5.28. The zero-order valence-electron chi connectivity index (χ0n) is 12.9. The molecule has 0 radical (unpaired) electrons. The van der Waals surface area contributed by atoms with E-state index >= 15 is 0 Å². The van der Waals surface area contributed by atoms with Gasteiger partial charge in [-0.2, -0.15) is 0 Å². The molecule has 3 atom stereocenters. The second-order valence-electron chi connectivity index (χ2n) is 6.67. The van der Waals surface area contributed by atoms with Crippen LogP contribution in [0.4, 0.5) is 0 Å². The third-order valence-electron chi connectivity index (χ3n) is 5.16. The van der Waals surface area contributed by atoms with E-state index in [1.807, 2.05) is 0 Å². The van der Waals surface area contributed by atoms with Crippen molar-refractivity contribution in [2.24, 2.45) is 11.8 Å². The van der Waals surface area contributed by atoms with E-state index in [9.17, 15) is 0 Å². The third kappa shape index (κ3) is 3.85. The van der Waals surface area contributed by atoms with E-state index in [1.165, 1.54) is 37.9 Å². The summed E-state index contributed by atoms with van der Waals surface area (Å²) in [5.41, 5.74) is 1.43. The number of nitrogens with one attached hydrogen (secondary N) is 1. The normalized spacial score (nSPS) is 29.5. The molecule has 2 fully saturated rings. The molecular formula is C18H28N2O. The van der Waals surface area contributed by atoms with Gasteiger partial charge in [0.1, 0.15) is 0 Å². The quantitative estimate of drug-likeness (QED) is 0.788. The van der Waals surface area contributed by atoms with Crippen molar-refractivity contribution in [3.8, 4) is 0 Å². The highest BCUT2D eigenvalue weighted by molar-refractivity contribution is 5.15. The molecule has 2 aliphatic rings. The predicted octanol–water partition coefficient (Wildman–Crippen LogP) is 2.26. The smallest absolute Gasteiger partial charge is 0.0443 e. The number of rotatable bonds is 6. The number of fused-ring (bicyclic) bond motifs is 1. The topological polar surface area (TPSA) is 35.5 Å². The fourth-order valence-electron chi connectivity index (χ4n) is 4.15. The average molecular weight is 288 g/mol. The highest BCUT2D eigenvalue weighted by Crippen LogP contribution is 2.36. The van der Waals surface area contributed by atoms with Gasteiger partial charge in [-0.25, -0.2) is 0 Å². The molecule has 3 rings (SSSR count). The van der Waals surface area contributed by atoms with E-state index in [-0.39, 0.29) is 0 Å². The molecule has 0 unspecified atom stereocenters. The first-order chi connectivity index (χ1) is 10.4. The van der Waals surface area contributed by atoms with Crippen LogP contribution in [0.25, 0.3) is 0 Å². The number of benzene rings is 1. The van der Waals surface area contributed by atoms with Crippen molar-refractivity contribution in [2.75, 3.05) is 26.2 Å². The Morgan fingerprint density at radius 2 is 2.00 bits per heavy atom. The monoisotopic (exact) mass is 288 g/mol. The lowest BCUT2D eigenvalue weighted by molar-refractivity contribution is 0.214. The van der Waals surface area contributed by atoms with Crippen molar-refractivity contribution in [2.45, 2.75) is 38.3 Å². The number of aliphatic hydroxyl groups excluding tert-OH is 1. The third-order valence-corrected chi connectivity index (χ3v) is 5.16. The fourth-order valence-corrected chi connectivity index (χ4v) is 4.15. The highest BCUT2D eigenvalue weighted by Gasteiger charge is 2.39. The molecule has 116 valence electrons. The molecule has 1 aliphatic carbocycles. The Morgan fingerprint density at radius 1 is 1.14 bits per heavy atom. The van der Waals surface area contributed by atoms with Gasteiger partial charge in [0, 0.05) is 32.3 Å². The lowest BCUT2D eigenvalue weighted by Gasteiger charge is -2.33. The van der Waals surface area contributed by atoms with Crippen LogP contribution in [0.1, 0.15) is 31.2 Å². The van der Waals surface area contributed by atoms with E-state index in [1.54, 1.807) is 0 Å². The first-order valence-electron chi connectivity index (χ1n) is 8.47. The summed E-state index contributed by atoms with van der Waals surface area (Å²) in [7, 11) is 0. The average Bonchev–Trinajstić information content (AvgIpc) is 2.92. The summed E-state index contributed by atoms with van der Waals surface area (Å²) in [5.74, 6) is 1.68. The van der Waals surface area contributed by atoms with Crippen LogP contribution in [0.15, 0.2) is 30.3 Å². The summed E-state index contributed by atoms with van der Waals surface area (Å²) in [6, 6.07) is 11.5. The molecule has 0 bridgehead atoms. The van der Waals surface area contributed by atoms with Gasteiger partial charge in [-0.1, -0.05) is 36.8 Å². The Bertz CT molecular complexity index is 422. The molecule has 0 spiro atoms. The van der Waals surface area contributed by atoms with Crippen molar-refractivity contribution in [1.29, 1.82) is 0 Å².